The van der Waals surface area contributed by atoms with E-state index in [9.17, 15) is 0 Å². The van der Waals surface area contributed by atoms with Crippen LogP contribution in [-0.4, -0.2) is 22.6 Å². The van der Waals surface area contributed by atoms with Gasteiger partial charge in [-0.3, -0.25) is 5.41 Å². The fourth-order valence-electron chi connectivity index (χ4n) is 2.63. The van der Waals surface area contributed by atoms with E-state index in [1.54, 1.807) is 0 Å². The molecule has 0 aromatic carbocycles. The quantitative estimate of drug-likeness (QED) is 0.519. The van der Waals surface area contributed by atoms with Gasteiger partial charge in [-0.05, 0) is 25.7 Å². The molecule has 0 aromatic heterocycles. The molecular weight excluding hydrogens is 196 g/mol. The fourth-order valence-corrected chi connectivity index (χ4v) is 3.59. The number of nitrogens with two attached hydrogens (primary N) is 1. The van der Waals surface area contributed by atoms with Gasteiger partial charge in [-0.15, -0.1) is 0 Å². The molecular formula is C10H18N2OS. The summed E-state index contributed by atoms with van der Waals surface area (Å²) in [5.41, 5.74) is 5.57. The van der Waals surface area contributed by atoms with Gasteiger partial charge in [0.05, 0.1) is 5.60 Å². The number of hydrogen-bond donors (Lipinski definition) is 2. The molecule has 1 heterocycles. The van der Waals surface area contributed by atoms with E-state index in [4.69, 9.17) is 15.9 Å². The third-order valence-electron chi connectivity index (χ3n) is 3.26. The van der Waals surface area contributed by atoms with Gasteiger partial charge >= 0.3 is 0 Å². The summed E-state index contributed by atoms with van der Waals surface area (Å²) in [6.45, 7) is 0.852. The molecule has 14 heavy (non-hydrogen) atoms. The predicted molar refractivity (Wildman–Crippen MR) is 59.7 cm³/mol. The summed E-state index contributed by atoms with van der Waals surface area (Å²) >= 11 is 1.52. The first-order valence-corrected chi connectivity index (χ1v) is 6.23. The van der Waals surface area contributed by atoms with Gasteiger partial charge < -0.3 is 10.5 Å². The van der Waals surface area contributed by atoms with Crippen molar-refractivity contribution in [2.75, 3.05) is 6.61 Å². The summed E-state index contributed by atoms with van der Waals surface area (Å²) in [4.78, 5) is 0. The summed E-state index contributed by atoms with van der Waals surface area (Å²) in [5, 5.41) is 8.06. The monoisotopic (exact) mass is 214 g/mol. The predicted octanol–water partition coefficient (Wildman–Crippen LogP) is 2.10. The van der Waals surface area contributed by atoms with E-state index in [0.29, 0.717) is 5.25 Å². The Bertz CT molecular complexity index is 226. The van der Waals surface area contributed by atoms with E-state index in [2.05, 4.69) is 0 Å². The zero-order chi connectivity index (χ0) is 10.0. The van der Waals surface area contributed by atoms with Crippen LogP contribution >= 0.6 is 11.8 Å². The molecule has 3 nitrogen and oxygen atoms in total. The molecule has 0 amide bonds. The van der Waals surface area contributed by atoms with Gasteiger partial charge in [-0.25, -0.2) is 0 Å². The van der Waals surface area contributed by atoms with Crippen molar-refractivity contribution in [1.82, 2.24) is 0 Å². The maximum absolute atomic E-state index is 7.29. The van der Waals surface area contributed by atoms with Crippen LogP contribution in [0.1, 0.15) is 38.5 Å². The van der Waals surface area contributed by atoms with Crippen LogP contribution in [0.25, 0.3) is 0 Å². The number of ether oxygens (including phenoxy) is 1. The molecule has 2 fully saturated rings. The van der Waals surface area contributed by atoms with E-state index in [0.717, 1.165) is 19.4 Å². The van der Waals surface area contributed by atoms with Crippen LogP contribution in [0.3, 0.4) is 0 Å². The van der Waals surface area contributed by atoms with Crippen LogP contribution in [-0.2, 0) is 4.74 Å². The van der Waals surface area contributed by atoms with E-state index in [1.807, 2.05) is 0 Å². The maximum Gasteiger partial charge on any atom is 0.151 e. The highest BCUT2D eigenvalue weighted by molar-refractivity contribution is 8.14. The largest absolute Gasteiger partial charge is 0.379 e. The lowest BCUT2D eigenvalue weighted by Crippen LogP contribution is -2.39. The van der Waals surface area contributed by atoms with Gasteiger partial charge in [0.15, 0.2) is 5.17 Å². The van der Waals surface area contributed by atoms with Crippen LogP contribution in [0.2, 0.25) is 0 Å². The molecule has 1 saturated heterocycles. The molecule has 80 valence electrons. The normalized spacial score (nSPS) is 30.7. The zero-order valence-electron chi connectivity index (χ0n) is 8.42. The first-order chi connectivity index (χ1) is 6.70. The Kier molecular flexibility index (Phi) is 3.02. The van der Waals surface area contributed by atoms with Crippen molar-refractivity contribution in [2.45, 2.75) is 49.4 Å². The van der Waals surface area contributed by atoms with E-state index in [-0.39, 0.29) is 10.8 Å². The van der Waals surface area contributed by atoms with Crippen LogP contribution in [0.4, 0.5) is 0 Å². The van der Waals surface area contributed by atoms with Crippen molar-refractivity contribution in [3.8, 4) is 0 Å². The molecule has 1 saturated carbocycles. The van der Waals surface area contributed by atoms with Gasteiger partial charge in [0, 0.05) is 11.9 Å². The van der Waals surface area contributed by atoms with E-state index >= 15 is 0 Å². The topological polar surface area (TPSA) is 59.1 Å². The molecule has 4 heteroatoms. The Hall–Kier alpha value is -0.220. The summed E-state index contributed by atoms with van der Waals surface area (Å²) in [5.74, 6) is 0. The molecule has 2 aliphatic rings. The number of nitrogens with one attached hydrogen (secondary N) is 1. The second-order valence-electron chi connectivity index (χ2n) is 4.34. The fraction of sp³-hybridized carbons (Fsp3) is 0.900. The molecule has 1 atom stereocenters. The highest BCUT2D eigenvalue weighted by Crippen LogP contribution is 2.42. The minimum Gasteiger partial charge on any atom is -0.379 e. The molecule has 1 aliphatic carbocycles. The van der Waals surface area contributed by atoms with Crippen molar-refractivity contribution < 1.29 is 4.74 Å². The molecule has 2 rings (SSSR count). The first-order valence-electron chi connectivity index (χ1n) is 5.35. The van der Waals surface area contributed by atoms with Crippen LogP contribution in [0, 0.1) is 5.41 Å². The van der Waals surface area contributed by atoms with Crippen LogP contribution < -0.4 is 5.73 Å². The second-order valence-corrected chi connectivity index (χ2v) is 5.68. The average Bonchev–Trinajstić information content (AvgIpc) is 2.52. The minimum absolute atomic E-state index is 0.158. The number of rotatable bonds is 1. The molecule has 1 unspecified atom stereocenters. The summed E-state index contributed by atoms with van der Waals surface area (Å²) in [7, 11) is 0. The van der Waals surface area contributed by atoms with Crippen molar-refractivity contribution in [3.05, 3.63) is 0 Å². The van der Waals surface area contributed by atoms with Crippen molar-refractivity contribution in [3.63, 3.8) is 0 Å². The van der Waals surface area contributed by atoms with Crippen LogP contribution in [0.5, 0.6) is 0 Å². The molecule has 0 bridgehead atoms. The maximum atomic E-state index is 7.29. The Balaban J connectivity index is 1.93. The standard InChI is InChI=1S/C10H18N2OS/c11-9(12)14-8-3-6-13-10(7-8)4-1-2-5-10/h8H,1-7H2,(H3,11,12). The SMILES string of the molecule is N=C(N)SC1CCOC2(CCCC2)C1. The first kappa shape index (κ1) is 10.3. The smallest absolute Gasteiger partial charge is 0.151 e. The third-order valence-corrected chi connectivity index (χ3v) is 4.25. The summed E-state index contributed by atoms with van der Waals surface area (Å²) < 4.78 is 5.91. The number of hydrogen-bond acceptors (Lipinski definition) is 3. The molecule has 0 aromatic rings. The molecule has 1 spiro atoms. The lowest BCUT2D eigenvalue weighted by atomic mass is 9.92. The van der Waals surface area contributed by atoms with Crippen molar-refractivity contribution in [1.29, 1.82) is 5.41 Å². The molecule has 1 aliphatic heterocycles. The Morgan fingerprint density at radius 2 is 2.14 bits per heavy atom. The van der Waals surface area contributed by atoms with Gasteiger partial charge in [0.1, 0.15) is 0 Å². The molecule has 0 radical (unpaired) electrons. The lowest BCUT2D eigenvalue weighted by Gasteiger charge is -2.37. The highest BCUT2D eigenvalue weighted by atomic mass is 32.2. The third kappa shape index (κ3) is 2.23. The second kappa shape index (κ2) is 4.11. The Morgan fingerprint density at radius 1 is 1.43 bits per heavy atom. The summed E-state index contributed by atoms with van der Waals surface area (Å²) in [6.07, 6.45) is 7.17. The van der Waals surface area contributed by atoms with E-state index < -0.39 is 0 Å². The number of thioether (sulfide) groups is 1. The highest BCUT2D eigenvalue weighted by Gasteiger charge is 2.40. The van der Waals surface area contributed by atoms with Crippen LogP contribution in [0.15, 0.2) is 0 Å². The Morgan fingerprint density at radius 3 is 2.79 bits per heavy atom. The van der Waals surface area contributed by atoms with Crippen molar-refractivity contribution >= 4 is 16.9 Å². The summed E-state index contributed by atoms with van der Waals surface area (Å²) in [6, 6.07) is 0. The number of amidine groups is 1. The Labute approximate surface area is 89.3 Å². The van der Waals surface area contributed by atoms with Gasteiger partial charge in [0.25, 0.3) is 0 Å². The van der Waals surface area contributed by atoms with E-state index in [1.165, 1.54) is 37.4 Å². The van der Waals surface area contributed by atoms with Gasteiger partial charge in [-0.1, -0.05) is 24.6 Å². The lowest BCUT2D eigenvalue weighted by molar-refractivity contribution is -0.0702. The van der Waals surface area contributed by atoms with Crippen molar-refractivity contribution in [2.24, 2.45) is 5.73 Å². The average molecular weight is 214 g/mol. The van der Waals surface area contributed by atoms with Gasteiger partial charge in [0.2, 0.25) is 0 Å². The molecule has 3 N–H and O–H groups in total. The van der Waals surface area contributed by atoms with Gasteiger partial charge in [-0.2, -0.15) is 0 Å². The zero-order valence-corrected chi connectivity index (χ0v) is 9.24. The minimum atomic E-state index is 0.158.